The molecule has 162 valence electrons. The van der Waals surface area contributed by atoms with Crippen LogP contribution in [0.1, 0.15) is 41.0 Å². The van der Waals surface area contributed by atoms with E-state index in [4.69, 9.17) is 32.7 Å². The summed E-state index contributed by atoms with van der Waals surface area (Å²) in [6.07, 6.45) is 0.727. The summed E-state index contributed by atoms with van der Waals surface area (Å²) in [5, 5.41) is 8.42. The van der Waals surface area contributed by atoms with E-state index >= 15 is 0 Å². The second-order valence-corrected chi connectivity index (χ2v) is 8.08. The van der Waals surface area contributed by atoms with Crippen LogP contribution in [0.2, 0.25) is 10.0 Å². The van der Waals surface area contributed by atoms with Gasteiger partial charge in [-0.2, -0.15) is 5.10 Å². The summed E-state index contributed by atoms with van der Waals surface area (Å²) in [5.74, 6) is 0.698. The molecule has 3 aromatic rings. The number of fused-ring (bicyclic) bond motifs is 1. The number of aromatic nitrogens is 2. The Labute approximate surface area is 191 Å². The number of methoxy groups -OCH3 is 1. The number of halogens is 2. The molecule has 1 amide bonds. The number of hydrogen-bond acceptors (Lipinski definition) is 4. The molecule has 4 rings (SSSR count). The van der Waals surface area contributed by atoms with Gasteiger partial charge in [-0.05, 0) is 49.2 Å². The average molecular weight is 460 g/mol. The van der Waals surface area contributed by atoms with Crippen molar-refractivity contribution in [2.24, 2.45) is 0 Å². The SMILES string of the molecule is CCOc1ccc(C2c3c(-c4ccc(Cl)cc4Cl)n[nH]c3C(=O)N2CCCOC)cc1. The van der Waals surface area contributed by atoms with Gasteiger partial charge < -0.3 is 14.4 Å². The van der Waals surface area contributed by atoms with Crippen molar-refractivity contribution in [3.05, 3.63) is 69.3 Å². The van der Waals surface area contributed by atoms with Gasteiger partial charge in [0.15, 0.2) is 0 Å². The quantitative estimate of drug-likeness (QED) is 0.460. The minimum atomic E-state index is -0.296. The largest absolute Gasteiger partial charge is 0.494 e. The lowest BCUT2D eigenvalue weighted by atomic mass is 9.96. The summed E-state index contributed by atoms with van der Waals surface area (Å²) >= 11 is 12.6. The van der Waals surface area contributed by atoms with Crippen molar-refractivity contribution in [3.63, 3.8) is 0 Å². The van der Waals surface area contributed by atoms with E-state index in [9.17, 15) is 4.79 Å². The first kappa shape index (κ1) is 21.7. The molecule has 0 fully saturated rings. The Kier molecular flexibility index (Phi) is 6.51. The molecule has 0 spiro atoms. The minimum Gasteiger partial charge on any atom is -0.494 e. The molecular formula is C23H23Cl2N3O3. The maximum absolute atomic E-state index is 13.3. The lowest BCUT2D eigenvalue weighted by Gasteiger charge is -2.26. The maximum Gasteiger partial charge on any atom is 0.273 e. The van der Waals surface area contributed by atoms with Crippen molar-refractivity contribution in [1.82, 2.24) is 15.1 Å². The summed E-state index contributed by atoms with van der Waals surface area (Å²) < 4.78 is 10.8. The zero-order valence-electron chi connectivity index (χ0n) is 17.3. The third-order valence-corrected chi connectivity index (χ3v) is 5.85. The van der Waals surface area contributed by atoms with Gasteiger partial charge in [0.25, 0.3) is 5.91 Å². The third kappa shape index (κ3) is 4.15. The van der Waals surface area contributed by atoms with E-state index < -0.39 is 0 Å². The molecule has 2 aromatic carbocycles. The highest BCUT2D eigenvalue weighted by atomic mass is 35.5. The van der Waals surface area contributed by atoms with Gasteiger partial charge in [-0.25, -0.2) is 0 Å². The lowest BCUT2D eigenvalue weighted by Crippen LogP contribution is -2.31. The summed E-state index contributed by atoms with van der Waals surface area (Å²) in [5.41, 5.74) is 3.65. The number of hydrogen-bond donors (Lipinski definition) is 1. The summed E-state index contributed by atoms with van der Waals surface area (Å²) in [6, 6.07) is 12.8. The van der Waals surface area contributed by atoms with Crippen LogP contribution in [0.5, 0.6) is 5.75 Å². The molecule has 0 aliphatic carbocycles. The molecule has 1 aliphatic rings. The Balaban J connectivity index is 1.80. The molecule has 1 unspecified atom stereocenters. The fourth-order valence-electron chi connectivity index (χ4n) is 3.95. The number of aromatic amines is 1. The molecule has 8 heteroatoms. The molecule has 6 nitrogen and oxygen atoms in total. The molecule has 0 saturated heterocycles. The standard InChI is InChI=1S/C23H23Cl2N3O3/c1-3-31-16-8-5-14(6-9-16)22-19-20(17-10-7-15(24)13-18(17)25)26-27-21(19)23(29)28(22)11-4-12-30-2/h5-10,13,22H,3-4,11-12H2,1-2H3,(H,26,27). The monoisotopic (exact) mass is 459 g/mol. The summed E-state index contributed by atoms with van der Waals surface area (Å²) in [6.45, 7) is 3.67. The first-order valence-electron chi connectivity index (χ1n) is 10.1. The molecule has 31 heavy (non-hydrogen) atoms. The van der Waals surface area contributed by atoms with Gasteiger partial charge in [0.2, 0.25) is 0 Å². The van der Waals surface area contributed by atoms with Gasteiger partial charge in [0.05, 0.1) is 17.7 Å². The van der Waals surface area contributed by atoms with Gasteiger partial charge in [-0.3, -0.25) is 9.89 Å². The van der Waals surface area contributed by atoms with Crippen LogP contribution in [0, 0.1) is 0 Å². The number of H-pyrrole nitrogens is 1. The number of ether oxygens (including phenoxy) is 2. The summed E-state index contributed by atoms with van der Waals surface area (Å²) in [4.78, 5) is 15.1. The molecule has 0 bridgehead atoms. The van der Waals surface area contributed by atoms with Crippen LogP contribution in [-0.2, 0) is 4.74 Å². The van der Waals surface area contributed by atoms with Gasteiger partial charge in [-0.15, -0.1) is 0 Å². The number of rotatable bonds is 8. The fourth-order valence-corrected chi connectivity index (χ4v) is 4.45. The predicted molar refractivity (Wildman–Crippen MR) is 121 cm³/mol. The highest BCUT2D eigenvalue weighted by Gasteiger charge is 2.42. The normalized spacial score (nSPS) is 15.4. The third-order valence-electron chi connectivity index (χ3n) is 5.30. The van der Waals surface area contributed by atoms with Crippen molar-refractivity contribution >= 4 is 29.1 Å². The number of nitrogens with zero attached hydrogens (tertiary/aromatic N) is 2. The Morgan fingerprint density at radius 2 is 1.94 bits per heavy atom. The number of benzene rings is 2. The first-order chi connectivity index (χ1) is 15.0. The van der Waals surface area contributed by atoms with Crippen LogP contribution in [0.25, 0.3) is 11.3 Å². The predicted octanol–water partition coefficient (Wildman–Crippen LogP) is 5.36. The van der Waals surface area contributed by atoms with E-state index in [0.717, 1.165) is 28.9 Å². The maximum atomic E-state index is 13.3. The van der Waals surface area contributed by atoms with Crippen LogP contribution in [0.3, 0.4) is 0 Å². The number of nitrogens with one attached hydrogen (secondary N) is 1. The van der Waals surface area contributed by atoms with Crippen LogP contribution in [-0.4, -0.2) is 47.9 Å². The lowest BCUT2D eigenvalue weighted by molar-refractivity contribution is 0.0723. The van der Waals surface area contributed by atoms with Crippen molar-refractivity contribution in [2.75, 3.05) is 26.9 Å². The van der Waals surface area contributed by atoms with E-state index in [0.29, 0.717) is 41.2 Å². The Morgan fingerprint density at radius 1 is 1.16 bits per heavy atom. The van der Waals surface area contributed by atoms with Crippen LogP contribution >= 0.6 is 23.2 Å². The number of carbonyl (C=O) groups excluding carboxylic acids is 1. The molecule has 0 saturated carbocycles. The van der Waals surface area contributed by atoms with Crippen LogP contribution in [0.4, 0.5) is 0 Å². The molecule has 1 aromatic heterocycles. The molecule has 1 atom stereocenters. The average Bonchev–Trinajstić information content (AvgIpc) is 3.29. The van der Waals surface area contributed by atoms with Crippen molar-refractivity contribution in [3.8, 4) is 17.0 Å². The molecule has 1 N–H and O–H groups in total. The second-order valence-electron chi connectivity index (χ2n) is 7.23. The van der Waals surface area contributed by atoms with E-state index in [1.165, 1.54) is 0 Å². The summed E-state index contributed by atoms with van der Waals surface area (Å²) in [7, 11) is 1.66. The first-order valence-corrected chi connectivity index (χ1v) is 10.9. The van der Waals surface area contributed by atoms with E-state index in [2.05, 4.69) is 10.2 Å². The molecular weight excluding hydrogens is 437 g/mol. The molecule has 0 radical (unpaired) electrons. The van der Waals surface area contributed by atoms with Gasteiger partial charge in [0.1, 0.15) is 17.1 Å². The topological polar surface area (TPSA) is 67.5 Å². The number of amides is 1. The van der Waals surface area contributed by atoms with Gasteiger partial charge in [0, 0.05) is 36.4 Å². The van der Waals surface area contributed by atoms with E-state index in [-0.39, 0.29) is 11.9 Å². The van der Waals surface area contributed by atoms with Crippen molar-refractivity contribution in [2.45, 2.75) is 19.4 Å². The zero-order chi connectivity index (χ0) is 22.0. The molecule has 2 heterocycles. The number of carbonyl (C=O) groups is 1. The van der Waals surface area contributed by atoms with Crippen molar-refractivity contribution < 1.29 is 14.3 Å². The Morgan fingerprint density at radius 3 is 2.61 bits per heavy atom. The Hall–Kier alpha value is -2.54. The smallest absolute Gasteiger partial charge is 0.273 e. The van der Waals surface area contributed by atoms with Crippen LogP contribution < -0.4 is 4.74 Å². The van der Waals surface area contributed by atoms with Crippen LogP contribution in [0.15, 0.2) is 42.5 Å². The highest BCUT2D eigenvalue weighted by molar-refractivity contribution is 6.36. The highest BCUT2D eigenvalue weighted by Crippen LogP contribution is 2.44. The van der Waals surface area contributed by atoms with Gasteiger partial charge >= 0.3 is 0 Å². The van der Waals surface area contributed by atoms with Crippen molar-refractivity contribution in [1.29, 1.82) is 0 Å². The molecule has 1 aliphatic heterocycles. The van der Waals surface area contributed by atoms with Gasteiger partial charge in [-0.1, -0.05) is 35.3 Å². The fraction of sp³-hybridized carbons (Fsp3) is 0.304. The Bertz CT molecular complexity index is 1080. The van der Waals surface area contributed by atoms with E-state index in [1.807, 2.05) is 42.2 Å². The van der Waals surface area contributed by atoms with E-state index in [1.54, 1.807) is 19.2 Å². The minimum absolute atomic E-state index is 0.0891. The zero-order valence-corrected chi connectivity index (χ0v) is 18.8. The second kappa shape index (κ2) is 9.30.